The third kappa shape index (κ3) is 2.74. The standard InChI is InChI=1S/C11H17NO4S2/c1-2-10-7-12(5-6-17-10)18(14,15)11-4-3-9(8-13)16-11/h3-4,10,13H,2,5-8H2,1H3. The Labute approximate surface area is 111 Å². The molecule has 1 aromatic rings. The van der Waals surface area contributed by atoms with Gasteiger partial charge in [0.15, 0.2) is 0 Å². The second kappa shape index (κ2) is 5.64. The number of aliphatic hydroxyl groups is 1. The Hall–Kier alpha value is -0.500. The number of nitrogens with zero attached hydrogens (tertiary/aromatic N) is 1. The molecule has 1 saturated heterocycles. The van der Waals surface area contributed by atoms with E-state index in [9.17, 15) is 8.42 Å². The maximum Gasteiger partial charge on any atom is 0.276 e. The highest BCUT2D eigenvalue weighted by atomic mass is 32.2. The topological polar surface area (TPSA) is 70.8 Å². The molecule has 0 saturated carbocycles. The van der Waals surface area contributed by atoms with Crippen molar-refractivity contribution in [3.63, 3.8) is 0 Å². The van der Waals surface area contributed by atoms with Gasteiger partial charge in [-0.05, 0) is 18.6 Å². The third-order valence-electron chi connectivity index (χ3n) is 2.94. The van der Waals surface area contributed by atoms with Crippen LogP contribution in [-0.2, 0) is 16.6 Å². The Kier molecular flexibility index (Phi) is 4.37. The van der Waals surface area contributed by atoms with E-state index < -0.39 is 10.0 Å². The van der Waals surface area contributed by atoms with Crippen LogP contribution in [0.1, 0.15) is 19.1 Å². The van der Waals surface area contributed by atoms with E-state index in [2.05, 4.69) is 6.92 Å². The minimum Gasteiger partial charge on any atom is -0.446 e. The van der Waals surface area contributed by atoms with E-state index in [0.717, 1.165) is 12.2 Å². The lowest BCUT2D eigenvalue weighted by molar-refractivity contribution is 0.235. The van der Waals surface area contributed by atoms with Gasteiger partial charge in [-0.15, -0.1) is 0 Å². The Morgan fingerprint density at radius 1 is 1.56 bits per heavy atom. The SMILES string of the molecule is CCC1CN(S(=O)(=O)c2ccc(CO)o2)CCS1. The summed E-state index contributed by atoms with van der Waals surface area (Å²) in [5, 5.41) is 9.17. The first-order valence-corrected chi connectivity index (χ1v) is 8.38. The van der Waals surface area contributed by atoms with Crippen molar-refractivity contribution < 1.29 is 17.9 Å². The number of furan rings is 1. The van der Waals surface area contributed by atoms with Gasteiger partial charge in [-0.2, -0.15) is 16.1 Å². The number of sulfonamides is 1. The minimum atomic E-state index is -3.55. The molecule has 5 nitrogen and oxygen atoms in total. The summed E-state index contributed by atoms with van der Waals surface area (Å²) in [7, 11) is -3.55. The molecule has 0 amide bonds. The van der Waals surface area contributed by atoms with Gasteiger partial charge in [0.05, 0.1) is 0 Å². The van der Waals surface area contributed by atoms with Gasteiger partial charge in [-0.3, -0.25) is 0 Å². The van der Waals surface area contributed by atoms with Crippen LogP contribution in [0.25, 0.3) is 0 Å². The lowest BCUT2D eigenvalue weighted by Crippen LogP contribution is -2.41. The van der Waals surface area contributed by atoms with Crippen molar-refractivity contribution in [2.75, 3.05) is 18.8 Å². The smallest absolute Gasteiger partial charge is 0.276 e. The first-order chi connectivity index (χ1) is 8.57. The summed E-state index contributed by atoms with van der Waals surface area (Å²) in [4.78, 5) is 0. The van der Waals surface area contributed by atoms with Gasteiger partial charge in [0.2, 0.25) is 5.09 Å². The van der Waals surface area contributed by atoms with Gasteiger partial charge in [0, 0.05) is 24.1 Å². The average Bonchev–Trinajstić information content (AvgIpc) is 2.88. The van der Waals surface area contributed by atoms with E-state index in [1.165, 1.54) is 16.4 Å². The molecule has 1 aromatic heterocycles. The Morgan fingerprint density at radius 2 is 2.33 bits per heavy atom. The summed E-state index contributed by atoms with van der Waals surface area (Å²) in [6, 6.07) is 2.90. The molecule has 18 heavy (non-hydrogen) atoms. The zero-order valence-electron chi connectivity index (χ0n) is 10.2. The summed E-state index contributed by atoms with van der Waals surface area (Å²) in [5.74, 6) is 1.08. The van der Waals surface area contributed by atoms with Crippen LogP contribution in [0.5, 0.6) is 0 Å². The van der Waals surface area contributed by atoms with Crippen molar-refractivity contribution in [2.45, 2.75) is 30.3 Å². The largest absolute Gasteiger partial charge is 0.446 e. The molecule has 102 valence electrons. The van der Waals surface area contributed by atoms with Gasteiger partial charge < -0.3 is 9.52 Å². The zero-order valence-corrected chi connectivity index (χ0v) is 11.8. The summed E-state index contributed by atoms with van der Waals surface area (Å²) >= 11 is 1.81. The van der Waals surface area contributed by atoms with Crippen LogP contribution in [0.15, 0.2) is 21.6 Å². The molecule has 1 aliphatic heterocycles. The lowest BCUT2D eigenvalue weighted by Gasteiger charge is -2.30. The van der Waals surface area contributed by atoms with Gasteiger partial charge in [0.25, 0.3) is 10.0 Å². The molecule has 1 aliphatic rings. The molecule has 2 heterocycles. The molecule has 1 unspecified atom stereocenters. The summed E-state index contributed by atoms with van der Waals surface area (Å²) in [6.45, 7) is 2.81. The van der Waals surface area contributed by atoms with Gasteiger partial charge in [-0.1, -0.05) is 6.92 Å². The van der Waals surface area contributed by atoms with Crippen molar-refractivity contribution in [2.24, 2.45) is 0 Å². The van der Waals surface area contributed by atoms with Crippen LogP contribution in [-0.4, -0.2) is 41.9 Å². The van der Waals surface area contributed by atoms with Gasteiger partial charge >= 0.3 is 0 Å². The van der Waals surface area contributed by atoms with Crippen molar-refractivity contribution in [3.05, 3.63) is 17.9 Å². The molecule has 0 bridgehead atoms. The molecule has 0 aliphatic carbocycles. The highest BCUT2D eigenvalue weighted by Crippen LogP contribution is 2.26. The molecule has 1 atom stereocenters. The molecule has 0 spiro atoms. The second-order valence-corrected chi connectivity index (χ2v) is 7.42. The molecule has 0 radical (unpaired) electrons. The minimum absolute atomic E-state index is 0.0756. The number of thioether (sulfide) groups is 1. The zero-order chi connectivity index (χ0) is 13.2. The van der Waals surface area contributed by atoms with E-state index in [0.29, 0.717) is 18.3 Å². The van der Waals surface area contributed by atoms with Crippen molar-refractivity contribution >= 4 is 21.8 Å². The van der Waals surface area contributed by atoms with Crippen molar-refractivity contribution in [1.29, 1.82) is 0 Å². The van der Waals surface area contributed by atoms with E-state index >= 15 is 0 Å². The summed E-state index contributed by atoms with van der Waals surface area (Å²) < 4.78 is 31.2. The van der Waals surface area contributed by atoms with Crippen LogP contribution >= 0.6 is 11.8 Å². The maximum atomic E-state index is 12.3. The fourth-order valence-corrected chi connectivity index (χ4v) is 4.67. The van der Waals surface area contributed by atoms with E-state index in [1.54, 1.807) is 0 Å². The Bertz CT molecular complexity index is 497. The Morgan fingerprint density at radius 3 is 2.94 bits per heavy atom. The molecule has 7 heteroatoms. The molecular formula is C11H17NO4S2. The van der Waals surface area contributed by atoms with Crippen LogP contribution in [0.3, 0.4) is 0 Å². The number of hydrogen-bond donors (Lipinski definition) is 1. The van der Waals surface area contributed by atoms with Crippen molar-refractivity contribution in [3.8, 4) is 0 Å². The van der Waals surface area contributed by atoms with Gasteiger partial charge in [-0.25, -0.2) is 8.42 Å². The number of aliphatic hydroxyl groups excluding tert-OH is 1. The van der Waals surface area contributed by atoms with E-state index in [1.807, 2.05) is 11.8 Å². The van der Waals surface area contributed by atoms with E-state index in [4.69, 9.17) is 9.52 Å². The number of hydrogen-bond acceptors (Lipinski definition) is 5. The van der Waals surface area contributed by atoms with Crippen LogP contribution < -0.4 is 0 Å². The fraction of sp³-hybridized carbons (Fsp3) is 0.636. The summed E-state index contributed by atoms with van der Waals surface area (Å²) in [6.07, 6.45) is 0.955. The first-order valence-electron chi connectivity index (χ1n) is 5.89. The molecule has 1 fully saturated rings. The monoisotopic (exact) mass is 291 g/mol. The fourth-order valence-electron chi connectivity index (χ4n) is 1.87. The Balaban J connectivity index is 2.19. The van der Waals surface area contributed by atoms with E-state index in [-0.39, 0.29) is 17.5 Å². The van der Waals surface area contributed by atoms with Crippen LogP contribution in [0.4, 0.5) is 0 Å². The highest BCUT2D eigenvalue weighted by Gasteiger charge is 2.32. The molecule has 0 aromatic carbocycles. The molecule has 1 N–H and O–H groups in total. The summed E-state index contributed by atoms with van der Waals surface area (Å²) in [5.41, 5.74) is 0. The normalized spacial score (nSPS) is 22.2. The molecular weight excluding hydrogens is 274 g/mol. The van der Waals surface area contributed by atoms with Gasteiger partial charge in [0.1, 0.15) is 12.4 Å². The maximum absolute atomic E-state index is 12.3. The van der Waals surface area contributed by atoms with Crippen molar-refractivity contribution in [1.82, 2.24) is 4.31 Å². The third-order valence-corrected chi connectivity index (χ3v) is 6.06. The number of rotatable bonds is 4. The lowest BCUT2D eigenvalue weighted by atomic mass is 10.3. The van der Waals surface area contributed by atoms with Crippen LogP contribution in [0, 0.1) is 0 Å². The average molecular weight is 291 g/mol. The second-order valence-electron chi connectivity index (χ2n) is 4.14. The predicted molar refractivity (Wildman–Crippen MR) is 69.9 cm³/mol. The van der Waals surface area contributed by atoms with Crippen LogP contribution in [0.2, 0.25) is 0 Å². The quantitative estimate of drug-likeness (QED) is 0.905. The highest BCUT2D eigenvalue weighted by molar-refractivity contribution is 8.00. The predicted octanol–water partition coefficient (Wildman–Crippen LogP) is 1.29. The molecule has 2 rings (SSSR count). The first kappa shape index (κ1) is 13.9.